The van der Waals surface area contributed by atoms with Gasteiger partial charge in [-0.05, 0) is 37.6 Å². The highest BCUT2D eigenvalue weighted by Gasteiger charge is 2.20. The van der Waals surface area contributed by atoms with Gasteiger partial charge in [-0.1, -0.05) is 18.0 Å². The van der Waals surface area contributed by atoms with E-state index in [-0.39, 0.29) is 24.4 Å². The van der Waals surface area contributed by atoms with Crippen molar-refractivity contribution < 1.29 is 9.53 Å². The van der Waals surface area contributed by atoms with Crippen molar-refractivity contribution in [3.8, 4) is 5.75 Å². The molecule has 0 bridgehead atoms. The van der Waals surface area contributed by atoms with Gasteiger partial charge in [0.2, 0.25) is 5.91 Å². The molecule has 1 aliphatic heterocycles. The van der Waals surface area contributed by atoms with E-state index in [1.165, 1.54) is 0 Å². The zero-order chi connectivity index (χ0) is 13.0. The molecule has 106 valence electrons. The lowest BCUT2D eigenvalue weighted by atomic mass is 10.0. The molecule has 19 heavy (non-hydrogen) atoms. The highest BCUT2D eigenvalue weighted by atomic mass is 35.5. The molecule has 0 radical (unpaired) electrons. The van der Waals surface area contributed by atoms with Gasteiger partial charge in [0.1, 0.15) is 5.75 Å². The van der Waals surface area contributed by atoms with Crippen LogP contribution < -0.4 is 15.4 Å². The molecule has 1 saturated heterocycles. The zero-order valence-corrected chi connectivity index (χ0v) is 12.3. The second kappa shape index (κ2) is 7.58. The maximum Gasteiger partial charge on any atom is 0.241 e. The van der Waals surface area contributed by atoms with Gasteiger partial charge in [-0.25, -0.2) is 0 Å². The van der Waals surface area contributed by atoms with Crippen molar-refractivity contribution in [3.05, 3.63) is 23.2 Å². The third kappa shape index (κ3) is 4.27. The largest absolute Gasteiger partial charge is 0.495 e. The van der Waals surface area contributed by atoms with Gasteiger partial charge in [-0.15, -0.1) is 12.4 Å². The molecule has 1 heterocycles. The van der Waals surface area contributed by atoms with Gasteiger partial charge < -0.3 is 15.4 Å². The van der Waals surface area contributed by atoms with E-state index in [2.05, 4.69) is 10.6 Å². The van der Waals surface area contributed by atoms with Crippen molar-refractivity contribution in [2.24, 2.45) is 0 Å². The number of piperidine rings is 1. The number of rotatable bonds is 3. The van der Waals surface area contributed by atoms with Crippen LogP contribution in [0.15, 0.2) is 18.2 Å². The first-order valence-corrected chi connectivity index (χ1v) is 6.46. The van der Waals surface area contributed by atoms with E-state index >= 15 is 0 Å². The normalized spacial score (nSPS) is 18.3. The minimum absolute atomic E-state index is 0. The number of amides is 1. The molecule has 1 unspecified atom stereocenters. The van der Waals surface area contributed by atoms with E-state index in [1.54, 1.807) is 25.3 Å². The Hall–Kier alpha value is -0.970. The molecule has 0 saturated carbocycles. The number of carbonyl (C=O) groups excluding carboxylic acids is 1. The maximum atomic E-state index is 12.0. The van der Waals surface area contributed by atoms with Crippen molar-refractivity contribution in [1.29, 1.82) is 0 Å². The summed E-state index contributed by atoms with van der Waals surface area (Å²) < 4.78 is 5.06. The Kier molecular flexibility index (Phi) is 6.42. The Morgan fingerprint density at radius 1 is 1.47 bits per heavy atom. The average Bonchev–Trinajstić information content (AvgIpc) is 2.40. The third-order valence-corrected chi connectivity index (χ3v) is 3.34. The van der Waals surface area contributed by atoms with Gasteiger partial charge in [0.05, 0.1) is 18.2 Å². The summed E-state index contributed by atoms with van der Waals surface area (Å²) in [6.07, 6.45) is 3.11. The first-order valence-electron chi connectivity index (χ1n) is 6.08. The summed E-state index contributed by atoms with van der Waals surface area (Å²) in [5, 5.41) is 6.56. The molecule has 1 fully saturated rings. The number of carbonyl (C=O) groups is 1. The summed E-state index contributed by atoms with van der Waals surface area (Å²) >= 11 is 6.01. The predicted octanol–water partition coefficient (Wildman–Crippen LogP) is 2.85. The lowest BCUT2D eigenvalue weighted by Gasteiger charge is -2.22. The van der Waals surface area contributed by atoms with Crippen molar-refractivity contribution in [2.45, 2.75) is 25.3 Å². The van der Waals surface area contributed by atoms with Crippen molar-refractivity contribution in [2.75, 3.05) is 19.0 Å². The van der Waals surface area contributed by atoms with Crippen LogP contribution in [0.3, 0.4) is 0 Å². The molecule has 2 N–H and O–H groups in total. The molecular weight excluding hydrogens is 287 g/mol. The van der Waals surface area contributed by atoms with Crippen LogP contribution in [0, 0.1) is 0 Å². The molecular formula is C13H18Cl2N2O2. The molecule has 0 spiro atoms. The fourth-order valence-corrected chi connectivity index (χ4v) is 2.31. The van der Waals surface area contributed by atoms with Crippen LogP contribution in [-0.4, -0.2) is 25.6 Å². The predicted molar refractivity (Wildman–Crippen MR) is 79.5 cm³/mol. The molecule has 4 nitrogen and oxygen atoms in total. The minimum Gasteiger partial charge on any atom is -0.495 e. The van der Waals surface area contributed by atoms with E-state index in [0.717, 1.165) is 25.8 Å². The van der Waals surface area contributed by atoms with Crippen LogP contribution in [0.2, 0.25) is 5.02 Å². The summed E-state index contributed by atoms with van der Waals surface area (Å²) in [6.45, 7) is 0.904. The molecule has 1 aliphatic rings. The van der Waals surface area contributed by atoms with Crippen molar-refractivity contribution in [3.63, 3.8) is 0 Å². The van der Waals surface area contributed by atoms with Crippen molar-refractivity contribution >= 4 is 35.6 Å². The maximum absolute atomic E-state index is 12.0. The zero-order valence-electron chi connectivity index (χ0n) is 10.7. The van der Waals surface area contributed by atoms with Crippen LogP contribution in [-0.2, 0) is 4.79 Å². The number of anilines is 1. The first-order chi connectivity index (χ1) is 8.70. The quantitative estimate of drug-likeness (QED) is 0.903. The fraction of sp³-hybridized carbons (Fsp3) is 0.462. The standard InChI is InChI=1S/C13H17ClN2O2.ClH/c1-18-12-6-5-9(8-10(12)14)16-13(17)11-4-2-3-7-15-11;/h5-6,8,11,15H,2-4,7H2,1H3,(H,16,17);1H. The van der Waals surface area contributed by atoms with E-state index in [9.17, 15) is 4.79 Å². The van der Waals surface area contributed by atoms with Crippen LogP contribution in [0.1, 0.15) is 19.3 Å². The smallest absolute Gasteiger partial charge is 0.241 e. The molecule has 1 aromatic carbocycles. The Labute approximate surface area is 124 Å². The van der Waals surface area contributed by atoms with E-state index < -0.39 is 0 Å². The Bertz CT molecular complexity index is 435. The monoisotopic (exact) mass is 304 g/mol. The molecule has 1 amide bonds. The Morgan fingerprint density at radius 2 is 2.26 bits per heavy atom. The third-order valence-electron chi connectivity index (χ3n) is 3.05. The van der Waals surface area contributed by atoms with E-state index in [0.29, 0.717) is 16.5 Å². The number of hydrogen-bond acceptors (Lipinski definition) is 3. The average molecular weight is 305 g/mol. The van der Waals surface area contributed by atoms with Gasteiger partial charge in [0, 0.05) is 5.69 Å². The number of benzene rings is 1. The summed E-state index contributed by atoms with van der Waals surface area (Å²) in [5.74, 6) is 0.599. The number of nitrogens with one attached hydrogen (secondary N) is 2. The number of methoxy groups -OCH3 is 1. The Balaban J connectivity index is 0.00000180. The van der Waals surface area contributed by atoms with Crippen molar-refractivity contribution in [1.82, 2.24) is 5.32 Å². The van der Waals surface area contributed by atoms with Gasteiger partial charge in [-0.3, -0.25) is 4.79 Å². The molecule has 0 aromatic heterocycles. The second-order valence-corrected chi connectivity index (χ2v) is 4.75. The van der Waals surface area contributed by atoms with Crippen LogP contribution >= 0.6 is 24.0 Å². The molecule has 2 rings (SSSR count). The lowest BCUT2D eigenvalue weighted by Crippen LogP contribution is -2.43. The van der Waals surface area contributed by atoms with Gasteiger partial charge in [0.15, 0.2) is 0 Å². The lowest BCUT2D eigenvalue weighted by molar-refractivity contribution is -0.118. The summed E-state index contributed by atoms with van der Waals surface area (Å²) in [6, 6.07) is 5.12. The number of ether oxygens (including phenoxy) is 1. The van der Waals surface area contributed by atoms with Gasteiger partial charge in [-0.2, -0.15) is 0 Å². The second-order valence-electron chi connectivity index (χ2n) is 4.34. The van der Waals surface area contributed by atoms with E-state index in [4.69, 9.17) is 16.3 Å². The number of halogens is 2. The summed E-state index contributed by atoms with van der Waals surface area (Å²) in [5.41, 5.74) is 0.693. The van der Waals surface area contributed by atoms with Gasteiger partial charge in [0.25, 0.3) is 0 Å². The highest BCUT2D eigenvalue weighted by Crippen LogP contribution is 2.27. The fourth-order valence-electron chi connectivity index (χ4n) is 2.05. The van der Waals surface area contributed by atoms with Crippen LogP contribution in [0.5, 0.6) is 5.75 Å². The Morgan fingerprint density at radius 3 is 2.84 bits per heavy atom. The molecule has 1 aromatic rings. The highest BCUT2D eigenvalue weighted by molar-refractivity contribution is 6.32. The first kappa shape index (κ1) is 16.1. The minimum atomic E-state index is -0.0976. The molecule has 0 aliphatic carbocycles. The van der Waals surface area contributed by atoms with Crippen LogP contribution in [0.4, 0.5) is 5.69 Å². The summed E-state index contributed by atoms with van der Waals surface area (Å²) in [7, 11) is 1.56. The van der Waals surface area contributed by atoms with E-state index in [1.807, 2.05) is 0 Å². The summed E-state index contributed by atoms with van der Waals surface area (Å²) in [4.78, 5) is 12.0. The SMILES string of the molecule is COc1ccc(NC(=O)C2CCCCN2)cc1Cl.Cl. The van der Waals surface area contributed by atoms with Gasteiger partial charge >= 0.3 is 0 Å². The van der Waals surface area contributed by atoms with Crippen LogP contribution in [0.25, 0.3) is 0 Å². The topological polar surface area (TPSA) is 50.4 Å². The molecule has 1 atom stereocenters. The number of hydrogen-bond donors (Lipinski definition) is 2. The molecule has 6 heteroatoms.